The molecular weight excluding hydrogens is 296 g/mol. The number of carbonyl (C=O) groups is 1. The Morgan fingerprint density at radius 3 is 2.68 bits per heavy atom. The molecule has 1 aromatic heterocycles. The van der Waals surface area contributed by atoms with Crippen LogP contribution in [0, 0.1) is 11.3 Å². The van der Waals surface area contributed by atoms with Crippen molar-refractivity contribution in [1.82, 2.24) is 4.98 Å². The first-order valence-corrected chi connectivity index (χ1v) is 8.00. The van der Waals surface area contributed by atoms with Crippen molar-refractivity contribution in [3.8, 4) is 17.2 Å². The number of nitriles is 1. The highest BCUT2D eigenvalue weighted by Crippen LogP contribution is 2.42. The quantitative estimate of drug-likeness (QED) is 0.792. The number of aromatic nitrogens is 1. The van der Waals surface area contributed by atoms with Crippen LogP contribution in [0.25, 0.3) is 11.1 Å². The number of rotatable bonds is 5. The molecule has 0 bridgehead atoms. The van der Waals surface area contributed by atoms with Crippen molar-refractivity contribution in [2.45, 2.75) is 23.8 Å². The molecule has 5 heteroatoms. The topological polar surface area (TPSA) is 76.8 Å². The summed E-state index contributed by atoms with van der Waals surface area (Å²) in [4.78, 5) is 15.2. The van der Waals surface area contributed by atoms with E-state index in [1.54, 1.807) is 0 Å². The molecule has 22 heavy (non-hydrogen) atoms. The lowest BCUT2D eigenvalue weighted by Crippen LogP contribution is -2.24. The second kappa shape index (κ2) is 6.20. The minimum atomic E-state index is -1.16. The third-order valence-corrected chi connectivity index (χ3v) is 4.47. The van der Waals surface area contributed by atoms with Gasteiger partial charge in [-0.1, -0.05) is 42.1 Å². The number of thioether (sulfide) groups is 1. The van der Waals surface area contributed by atoms with Crippen molar-refractivity contribution in [3.63, 3.8) is 0 Å². The normalized spacial score (nSPS) is 13.6. The Kier molecular flexibility index (Phi) is 4.12. The maximum atomic E-state index is 10.7. The zero-order chi connectivity index (χ0) is 15.5. The molecule has 4 nitrogen and oxygen atoms in total. The minimum absolute atomic E-state index is 0.204. The Morgan fingerprint density at radius 2 is 2.09 bits per heavy atom. The molecule has 1 heterocycles. The molecule has 0 atom stereocenters. The first-order valence-electron chi connectivity index (χ1n) is 7.02. The monoisotopic (exact) mass is 309 g/mol. The average molecular weight is 309 g/mol. The first kappa shape index (κ1) is 14.6. The molecule has 0 aliphatic heterocycles. The van der Waals surface area contributed by atoms with Gasteiger partial charge in [0, 0.05) is 22.9 Å². The summed E-state index contributed by atoms with van der Waals surface area (Å²) in [6.45, 7) is 0. The SMILES string of the molecule is N#Cc1c(-c2ccccc2)cc(C2CC2)nc1SCC(=O)[O-]. The summed E-state index contributed by atoms with van der Waals surface area (Å²) >= 11 is 1.05. The highest BCUT2D eigenvalue weighted by Gasteiger charge is 2.27. The van der Waals surface area contributed by atoms with Gasteiger partial charge in [-0.25, -0.2) is 4.98 Å². The fourth-order valence-electron chi connectivity index (χ4n) is 2.31. The van der Waals surface area contributed by atoms with Gasteiger partial charge in [0.05, 0.1) is 11.5 Å². The maximum Gasteiger partial charge on any atom is 0.115 e. The molecule has 0 unspecified atom stereocenters. The van der Waals surface area contributed by atoms with E-state index in [-0.39, 0.29) is 5.75 Å². The molecule has 0 N–H and O–H groups in total. The Bertz CT molecular complexity index is 749. The molecule has 0 saturated heterocycles. The van der Waals surface area contributed by atoms with Gasteiger partial charge in [-0.3, -0.25) is 0 Å². The smallest absolute Gasteiger partial charge is 0.115 e. The standard InChI is InChI=1S/C17H14N2O2S/c18-9-14-13(11-4-2-1-3-5-11)8-15(12-6-7-12)19-17(14)22-10-16(20)21/h1-5,8,12H,6-7,10H2,(H,20,21)/p-1. The van der Waals surface area contributed by atoms with Gasteiger partial charge < -0.3 is 9.90 Å². The van der Waals surface area contributed by atoms with E-state index in [0.717, 1.165) is 41.4 Å². The van der Waals surface area contributed by atoms with Gasteiger partial charge in [0.2, 0.25) is 0 Å². The Hall–Kier alpha value is -2.32. The van der Waals surface area contributed by atoms with E-state index < -0.39 is 5.97 Å². The number of pyridine rings is 1. The summed E-state index contributed by atoms with van der Waals surface area (Å²) in [6, 6.07) is 13.8. The molecule has 110 valence electrons. The average Bonchev–Trinajstić information content (AvgIpc) is 3.37. The molecule has 1 saturated carbocycles. The van der Waals surface area contributed by atoms with Crippen molar-refractivity contribution < 1.29 is 9.90 Å². The van der Waals surface area contributed by atoms with Crippen LogP contribution in [-0.4, -0.2) is 16.7 Å². The molecule has 0 spiro atoms. The predicted molar refractivity (Wildman–Crippen MR) is 82.1 cm³/mol. The van der Waals surface area contributed by atoms with E-state index in [9.17, 15) is 15.2 Å². The number of benzene rings is 1. The molecule has 0 radical (unpaired) electrons. The van der Waals surface area contributed by atoms with Gasteiger partial charge >= 0.3 is 0 Å². The summed E-state index contributed by atoms with van der Waals surface area (Å²) in [5.74, 6) is -0.935. The van der Waals surface area contributed by atoms with Crippen molar-refractivity contribution in [1.29, 1.82) is 5.26 Å². The van der Waals surface area contributed by atoms with E-state index in [0.29, 0.717) is 16.5 Å². The lowest BCUT2D eigenvalue weighted by Gasteiger charge is -2.12. The van der Waals surface area contributed by atoms with Crippen LogP contribution >= 0.6 is 11.8 Å². The minimum Gasteiger partial charge on any atom is -0.549 e. The summed E-state index contributed by atoms with van der Waals surface area (Å²) in [6.07, 6.45) is 2.19. The highest BCUT2D eigenvalue weighted by atomic mass is 32.2. The Morgan fingerprint density at radius 1 is 1.36 bits per heavy atom. The molecule has 3 rings (SSSR count). The summed E-state index contributed by atoms with van der Waals surface area (Å²) in [7, 11) is 0. The molecule has 1 fully saturated rings. The second-order valence-electron chi connectivity index (χ2n) is 5.19. The fraction of sp³-hybridized carbons (Fsp3) is 0.235. The number of aliphatic carboxylic acids is 1. The largest absolute Gasteiger partial charge is 0.549 e. The van der Waals surface area contributed by atoms with Gasteiger partial charge in [-0.05, 0) is 24.5 Å². The first-order chi connectivity index (χ1) is 10.7. The van der Waals surface area contributed by atoms with E-state index in [1.807, 2.05) is 36.4 Å². The van der Waals surface area contributed by atoms with Crippen LogP contribution in [0.4, 0.5) is 0 Å². The third kappa shape index (κ3) is 3.12. The van der Waals surface area contributed by atoms with Gasteiger partial charge in [-0.2, -0.15) is 5.26 Å². The van der Waals surface area contributed by atoms with E-state index in [4.69, 9.17) is 0 Å². The van der Waals surface area contributed by atoms with Crippen molar-refractivity contribution in [3.05, 3.63) is 47.7 Å². The number of carboxylic acid groups (broad SMARTS) is 1. The fourth-order valence-corrected chi connectivity index (χ4v) is 3.04. The van der Waals surface area contributed by atoms with E-state index >= 15 is 0 Å². The molecule has 1 aliphatic carbocycles. The number of hydrogen-bond donors (Lipinski definition) is 0. The zero-order valence-electron chi connectivity index (χ0n) is 11.8. The zero-order valence-corrected chi connectivity index (χ0v) is 12.6. The Balaban J connectivity index is 2.10. The van der Waals surface area contributed by atoms with Crippen LogP contribution < -0.4 is 5.11 Å². The predicted octanol–water partition coefficient (Wildman–Crippen LogP) is 2.34. The van der Waals surface area contributed by atoms with Crippen LogP contribution in [0.1, 0.15) is 30.0 Å². The number of carboxylic acids is 1. The van der Waals surface area contributed by atoms with Crippen LogP contribution in [0.3, 0.4) is 0 Å². The van der Waals surface area contributed by atoms with Crippen LogP contribution in [0.5, 0.6) is 0 Å². The molecule has 0 amide bonds. The van der Waals surface area contributed by atoms with Crippen molar-refractivity contribution in [2.75, 3.05) is 5.75 Å². The highest BCUT2D eigenvalue weighted by molar-refractivity contribution is 7.99. The number of nitrogens with zero attached hydrogens (tertiary/aromatic N) is 2. The van der Waals surface area contributed by atoms with Crippen molar-refractivity contribution >= 4 is 17.7 Å². The molecule has 2 aromatic rings. The van der Waals surface area contributed by atoms with Gasteiger partial charge in [-0.15, -0.1) is 0 Å². The van der Waals surface area contributed by atoms with Crippen molar-refractivity contribution in [2.24, 2.45) is 0 Å². The summed E-state index contributed by atoms with van der Waals surface area (Å²) < 4.78 is 0. The van der Waals surface area contributed by atoms with Crippen LogP contribution in [-0.2, 0) is 4.79 Å². The van der Waals surface area contributed by atoms with Gasteiger partial charge in [0.1, 0.15) is 11.1 Å². The third-order valence-electron chi connectivity index (χ3n) is 3.53. The lowest BCUT2D eigenvalue weighted by atomic mass is 10.0. The summed E-state index contributed by atoms with van der Waals surface area (Å²) in [5, 5.41) is 20.7. The molecule has 1 aliphatic rings. The Labute approximate surface area is 132 Å². The number of carbonyl (C=O) groups excluding carboxylic acids is 1. The molecule has 1 aromatic carbocycles. The maximum absolute atomic E-state index is 10.7. The van der Waals surface area contributed by atoms with Gasteiger partial charge in [0.15, 0.2) is 0 Å². The second-order valence-corrected chi connectivity index (χ2v) is 6.15. The number of hydrogen-bond acceptors (Lipinski definition) is 5. The van der Waals surface area contributed by atoms with E-state index in [2.05, 4.69) is 11.1 Å². The van der Waals surface area contributed by atoms with E-state index in [1.165, 1.54) is 0 Å². The summed E-state index contributed by atoms with van der Waals surface area (Å²) in [5.41, 5.74) is 3.14. The van der Waals surface area contributed by atoms with Crippen LogP contribution in [0.2, 0.25) is 0 Å². The van der Waals surface area contributed by atoms with Crippen LogP contribution in [0.15, 0.2) is 41.4 Å². The molecular formula is C17H13N2O2S-. The lowest BCUT2D eigenvalue weighted by molar-refractivity contribution is -0.301. The van der Waals surface area contributed by atoms with Gasteiger partial charge in [0.25, 0.3) is 0 Å².